The fraction of sp³-hybridized carbons (Fsp3) is 0.391. The zero-order valence-corrected chi connectivity index (χ0v) is 17.0. The molecule has 29 heavy (non-hydrogen) atoms. The van der Waals surface area contributed by atoms with Gasteiger partial charge < -0.3 is 20.9 Å². The third-order valence-electron chi connectivity index (χ3n) is 5.21. The Kier molecular flexibility index (Phi) is 7.50. The summed E-state index contributed by atoms with van der Waals surface area (Å²) in [6.07, 6.45) is 5.61. The van der Waals surface area contributed by atoms with E-state index in [2.05, 4.69) is 33.0 Å². The first-order valence-electron chi connectivity index (χ1n) is 10.3. The van der Waals surface area contributed by atoms with Crippen molar-refractivity contribution < 1.29 is 9.59 Å². The van der Waals surface area contributed by atoms with Crippen LogP contribution < -0.4 is 20.9 Å². The highest BCUT2D eigenvalue weighted by Gasteiger charge is 2.16. The lowest BCUT2D eigenvalue weighted by molar-refractivity contribution is -0.120. The molecule has 2 aromatic carbocycles. The highest BCUT2D eigenvalue weighted by atomic mass is 16.2. The fourth-order valence-electron chi connectivity index (χ4n) is 3.71. The van der Waals surface area contributed by atoms with Gasteiger partial charge in [-0.1, -0.05) is 61.7 Å². The molecule has 3 rings (SSSR count). The zero-order chi connectivity index (χ0) is 20.5. The van der Waals surface area contributed by atoms with Gasteiger partial charge in [0.15, 0.2) is 0 Å². The Labute approximate surface area is 172 Å². The van der Waals surface area contributed by atoms with E-state index in [0.717, 1.165) is 37.9 Å². The molecule has 3 N–H and O–H groups in total. The van der Waals surface area contributed by atoms with Gasteiger partial charge in [-0.2, -0.15) is 0 Å². The van der Waals surface area contributed by atoms with Crippen LogP contribution in [0.25, 0.3) is 0 Å². The van der Waals surface area contributed by atoms with E-state index in [1.165, 1.54) is 12.0 Å². The monoisotopic (exact) mass is 394 g/mol. The van der Waals surface area contributed by atoms with Crippen LogP contribution >= 0.6 is 0 Å². The number of hydrogen-bond acceptors (Lipinski definition) is 3. The number of carbonyl (C=O) groups excluding carboxylic acids is 2. The number of para-hydroxylation sites is 2. The van der Waals surface area contributed by atoms with Crippen molar-refractivity contribution >= 4 is 23.3 Å². The standard InChI is InChI=1S/C23H30N4O2/c1-27(17-18-10-4-2-5-11-18)21-15-9-8-14-20(21)26-23(29)24-16-22(28)25-19-12-6-3-7-13-19/h2,4-5,8-11,14-15,19H,3,6-7,12-13,16-17H2,1H3,(H,25,28)(H2,24,26,29). The molecule has 1 aliphatic carbocycles. The second kappa shape index (κ2) is 10.5. The van der Waals surface area contributed by atoms with Crippen LogP contribution in [0.3, 0.4) is 0 Å². The summed E-state index contributed by atoms with van der Waals surface area (Å²) in [6, 6.07) is 17.7. The summed E-state index contributed by atoms with van der Waals surface area (Å²) in [5.41, 5.74) is 2.81. The molecule has 0 bridgehead atoms. The number of anilines is 2. The van der Waals surface area contributed by atoms with Crippen molar-refractivity contribution in [3.8, 4) is 0 Å². The Balaban J connectivity index is 1.51. The Bertz CT molecular complexity index is 804. The van der Waals surface area contributed by atoms with Crippen LogP contribution in [0.5, 0.6) is 0 Å². The minimum absolute atomic E-state index is 0.0235. The third kappa shape index (κ3) is 6.52. The number of carbonyl (C=O) groups is 2. The normalized spacial score (nSPS) is 14.1. The van der Waals surface area contributed by atoms with Crippen LogP contribution in [0.2, 0.25) is 0 Å². The molecule has 0 saturated heterocycles. The van der Waals surface area contributed by atoms with Gasteiger partial charge in [-0.3, -0.25) is 4.79 Å². The average molecular weight is 395 g/mol. The van der Waals surface area contributed by atoms with Crippen LogP contribution in [-0.4, -0.2) is 31.6 Å². The first-order valence-corrected chi connectivity index (χ1v) is 10.3. The van der Waals surface area contributed by atoms with E-state index in [1.54, 1.807) is 0 Å². The number of benzene rings is 2. The van der Waals surface area contributed by atoms with Crippen LogP contribution in [0.1, 0.15) is 37.7 Å². The summed E-state index contributed by atoms with van der Waals surface area (Å²) in [4.78, 5) is 26.5. The van der Waals surface area contributed by atoms with Crippen LogP contribution in [0.15, 0.2) is 54.6 Å². The van der Waals surface area contributed by atoms with Gasteiger partial charge in [0.05, 0.1) is 17.9 Å². The molecule has 154 valence electrons. The van der Waals surface area contributed by atoms with E-state index >= 15 is 0 Å². The Morgan fingerprint density at radius 1 is 0.966 bits per heavy atom. The van der Waals surface area contributed by atoms with Gasteiger partial charge in [-0.25, -0.2) is 4.79 Å². The van der Waals surface area contributed by atoms with E-state index in [0.29, 0.717) is 5.69 Å². The fourth-order valence-corrected chi connectivity index (χ4v) is 3.71. The minimum atomic E-state index is -0.385. The van der Waals surface area contributed by atoms with Crippen molar-refractivity contribution in [1.82, 2.24) is 10.6 Å². The van der Waals surface area contributed by atoms with Crippen molar-refractivity contribution in [2.45, 2.75) is 44.7 Å². The molecular formula is C23H30N4O2. The molecule has 6 nitrogen and oxygen atoms in total. The molecule has 0 radical (unpaired) electrons. The quantitative estimate of drug-likeness (QED) is 0.667. The summed E-state index contributed by atoms with van der Waals surface area (Å²) in [5.74, 6) is -0.137. The van der Waals surface area contributed by atoms with E-state index in [1.807, 2.05) is 49.5 Å². The molecule has 0 aromatic heterocycles. The van der Waals surface area contributed by atoms with Gasteiger partial charge in [0.2, 0.25) is 5.91 Å². The second-order valence-electron chi connectivity index (χ2n) is 7.57. The molecule has 0 unspecified atom stereocenters. The summed E-state index contributed by atoms with van der Waals surface area (Å²) in [7, 11) is 1.99. The van der Waals surface area contributed by atoms with Gasteiger partial charge in [-0.15, -0.1) is 0 Å². The lowest BCUT2D eigenvalue weighted by Gasteiger charge is -2.23. The molecule has 1 fully saturated rings. The topological polar surface area (TPSA) is 73.5 Å². The highest BCUT2D eigenvalue weighted by molar-refractivity contribution is 5.95. The van der Waals surface area contributed by atoms with Crippen molar-refractivity contribution in [2.24, 2.45) is 0 Å². The summed E-state index contributed by atoms with van der Waals surface area (Å²) in [6.45, 7) is 0.704. The SMILES string of the molecule is CN(Cc1ccccc1)c1ccccc1NC(=O)NCC(=O)NC1CCCCC1. The molecule has 1 aliphatic rings. The Hall–Kier alpha value is -3.02. The summed E-state index contributed by atoms with van der Waals surface area (Å²) < 4.78 is 0. The van der Waals surface area contributed by atoms with Crippen molar-refractivity contribution in [2.75, 3.05) is 23.8 Å². The van der Waals surface area contributed by atoms with E-state index in [-0.39, 0.29) is 24.5 Å². The zero-order valence-electron chi connectivity index (χ0n) is 17.0. The predicted octanol–water partition coefficient (Wildman–Crippen LogP) is 3.89. The van der Waals surface area contributed by atoms with Crippen LogP contribution in [-0.2, 0) is 11.3 Å². The first-order chi connectivity index (χ1) is 14.1. The molecule has 1 saturated carbocycles. The Morgan fingerprint density at radius 3 is 2.41 bits per heavy atom. The molecular weight excluding hydrogens is 364 g/mol. The van der Waals surface area contributed by atoms with Gasteiger partial charge >= 0.3 is 6.03 Å². The van der Waals surface area contributed by atoms with Gasteiger partial charge in [0, 0.05) is 19.6 Å². The molecule has 0 heterocycles. The maximum atomic E-state index is 12.3. The third-order valence-corrected chi connectivity index (χ3v) is 5.21. The minimum Gasteiger partial charge on any atom is -0.369 e. The van der Waals surface area contributed by atoms with Gasteiger partial charge in [-0.05, 0) is 30.5 Å². The van der Waals surface area contributed by atoms with Crippen LogP contribution in [0.4, 0.5) is 16.2 Å². The number of urea groups is 1. The maximum absolute atomic E-state index is 12.3. The highest BCUT2D eigenvalue weighted by Crippen LogP contribution is 2.25. The molecule has 0 aliphatic heterocycles. The van der Waals surface area contributed by atoms with Crippen molar-refractivity contribution in [3.05, 3.63) is 60.2 Å². The Morgan fingerprint density at radius 2 is 1.66 bits per heavy atom. The van der Waals surface area contributed by atoms with Crippen molar-refractivity contribution in [3.63, 3.8) is 0 Å². The second-order valence-corrected chi connectivity index (χ2v) is 7.57. The average Bonchev–Trinajstić information content (AvgIpc) is 2.74. The van der Waals surface area contributed by atoms with E-state index in [9.17, 15) is 9.59 Å². The number of nitrogens with one attached hydrogen (secondary N) is 3. The molecule has 0 atom stereocenters. The van der Waals surface area contributed by atoms with E-state index < -0.39 is 0 Å². The van der Waals surface area contributed by atoms with Crippen LogP contribution in [0, 0.1) is 0 Å². The lowest BCUT2D eigenvalue weighted by atomic mass is 9.95. The molecule has 2 aromatic rings. The van der Waals surface area contributed by atoms with Crippen molar-refractivity contribution in [1.29, 1.82) is 0 Å². The first kappa shape index (κ1) is 20.7. The molecule has 3 amide bonds. The summed E-state index contributed by atoms with van der Waals surface area (Å²) in [5, 5.41) is 8.53. The largest absolute Gasteiger partial charge is 0.369 e. The maximum Gasteiger partial charge on any atom is 0.319 e. The number of rotatable bonds is 7. The smallest absolute Gasteiger partial charge is 0.319 e. The van der Waals surface area contributed by atoms with Gasteiger partial charge in [0.25, 0.3) is 0 Å². The number of hydrogen-bond donors (Lipinski definition) is 3. The van der Waals surface area contributed by atoms with Gasteiger partial charge in [0.1, 0.15) is 0 Å². The molecule has 6 heteroatoms. The lowest BCUT2D eigenvalue weighted by Crippen LogP contribution is -2.43. The predicted molar refractivity (Wildman–Crippen MR) is 117 cm³/mol. The number of amides is 3. The number of nitrogens with zero attached hydrogens (tertiary/aromatic N) is 1. The molecule has 0 spiro atoms. The van der Waals surface area contributed by atoms with E-state index in [4.69, 9.17) is 0 Å². The summed E-state index contributed by atoms with van der Waals surface area (Å²) >= 11 is 0.